The third-order valence-corrected chi connectivity index (χ3v) is 6.36. The average Bonchev–Trinajstić information content (AvgIpc) is 3.25. The van der Waals surface area contributed by atoms with Gasteiger partial charge in [-0.2, -0.15) is 0 Å². The molecule has 29 heavy (non-hydrogen) atoms. The molecule has 0 spiro atoms. The number of amides is 1. The molecule has 1 atom stereocenters. The molecular weight excluding hydrogens is 402 g/mol. The van der Waals surface area contributed by atoms with E-state index in [0.29, 0.717) is 22.1 Å². The smallest absolute Gasteiger partial charge is 0.264 e. The van der Waals surface area contributed by atoms with Crippen LogP contribution in [0.1, 0.15) is 21.4 Å². The molecule has 5 rings (SSSR count). The minimum atomic E-state index is -0.396. The van der Waals surface area contributed by atoms with Crippen LogP contribution >= 0.6 is 22.9 Å². The first-order valence-corrected chi connectivity index (χ1v) is 10.4. The summed E-state index contributed by atoms with van der Waals surface area (Å²) in [5.74, 6) is 0.458. The Morgan fingerprint density at radius 3 is 2.55 bits per heavy atom. The fraction of sp³-hybridized carbons (Fsp3) is 0.0435. The first kappa shape index (κ1) is 17.9. The van der Waals surface area contributed by atoms with Gasteiger partial charge in [-0.05, 0) is 42.0 Å². The number of para-hydroxylation sites is 1. The molecule has 0 bridgehead atoms. The van der Waals surface area contributed by atoms with Crippen LogP contribution in [0.5, 0.6) is 0 Å². The highest BCUT2D eigenvalue weighted by atomic mass is 35.5. The molecule has 1 aliphatic heterocycles. The van der Waals surface area contributed by atoms with Crippen molar-refractivity contribution in [3.63, 3.8) is 0 Å². The predicted molar refractivity (Wildman–Crippen MR) is 119 cm³/mol. The molecule has 2 aromatic carbocycles. The van der Waals surface area contributed by atoms with E-state index in [1.165, 1.54) is 0 Å². The third kappa shape index (κ3) is 3.18. The van der Waals surface area contributed by atoms with Crippen molar-refractivity contribution in [1.29, 1.82) is 0 Å². The Bertz CT molecular complexity index is 1190. The van der Waals surface area contributed by atoms with Crippen LogP contribution in [0.2, 0.25) is 5.02 Å². The molecule has 3 heterocycles. The predicted octanol–water partition coefficient (Wildman–Crippen LogP) is 6.23. The van der Waals surface area contributed by atoms with Crippen molar-refractivity contribution >= 4 is 40.4 Å². The maximum absolute atomic E-state index is 13.4. The van der Waals surface area contributed by atoms with E-state index >= 15 is 0 Å². The van der Waals surface area contributed by atoms with Crippen LogP contribution in [0.3, 0.4) is 0 Å². The van der Waals surface area contributed by atoms with Gasteiger partial charge in [-0.15, -0.1) is 11.3 Å². The molecule has 0 aliphatic carbocycles. The Hall–Kier alpha value is -3.15. The van der Waals surface area contributed by atoms with Gasteiger partial charge in [0.1, 0.15) is 12.0 Å². The number of nitrogens with zero attached hydrogens (tertiary/aromatic N) is 2. The highest BCUT2D eigenvalue weighted by Crippen LogP contribution is 2.41. The topological polar surface area (TPSA) is 45.2 Å². The quantitative estimate of drug-likeness (QED) is 0.429. The number of benzene rings is 2. The van der Waals surface area contributed by atoms with E-state index in [2.05, 4.69) is 34.6 Å². The van der Waals surface area contributed by atoms with E-state index in [1.807, 2.05) is 36.4 Å². The largest absolute Gasteiger partial charge is 0.344 e. The molecule has 4 aromatic rings. The van der Waals surface area contributed by atoms with E-state index in [9.17, 15) is 4.79 Å². The fourth-order valence-electron chi connectivity index (χ4n) is 3.49. The van der Waals surface area contributed by atoms with Crippen LogP contribution in [0, 0.1) is 0 Å². The number of aromatic nitrogens is 1. The zero-order valence-corrected chi connectivity index (χ0v) is 16.8. The molecule has 0 saturated heterocycles. The number of thiophene rings is 1. The number of nitrogens with one attached hydrogen (secondary N) is 1. The lowest BCUT2D eigenvalue weighted by Gasteiger charge is -2.37. The van der Waals surface area contributed by atoms with Crippen LogP contribution in [0.4, 0.5) is 11.5 Å². The SMILES string of the molecule is O=C1c2cccnc2NC(c2ccc(-c3ccccc3)s2)N1c1ccccc1Cl. The van der Waals surface area contributed by atoms with Crippen molar-refractivity contribution in [3.8, 4) is 10.4 Å². The summed E-state index contributed by atoms with van der Waals surface area (Å²) >= 11 is 8.12. The van der Waals surface area contributed by atoms with E-state index in [0.717, 1.165) is 15.3 Å². The van der Waals surface area contributed by atoms with Gasteiger partial charge in [-0.1, -0.05) is 54.1 Å². The monoisotopic (exact) mass is 417 g/mol. The molecular formula is C23H16ClN3OS. The zero-order chi connectivity index (χ0) is 19.8. The standard InChI is InChI=1S/C23H16ClN3OS/c24-17-10-4-5-11-18(17)27-22(26-21-16(23(27)28)9-6-14-25-21)20-13-12-19(29-20)15-7-2-1-3-8-15/h1-14,22H,(H,25,26). The Labute approximate surface area is 177 Å². The van der Waals surface area contributed by atoms with Crippen LogP contribution in [-0.4, -0.2) is 10.9 Å². The van der Waals surface area contributed by atoms with E-state index in [4.69, 9.17) is 11.6 Å². The lowest BCUT2D eigenvalue weighted by molar-refractivity contribution is 0.0975. The molecule has 142 valence electrons. The first-order chi connectivity index (χ1) is 14.2. The normalized spacial score (nSPS) is 15.7. The zero-order valence-electron chi connectivity index (χ0n) is 15.2. The summed E-state index contributed by atoms with van der Waals surface area (Å²) in [6, 6.07) is 25.3. The van der Waals surface area contributed by atoms with Gasteiger partial charge in [0.2, 0.25) is 0 Å². The number of hydrogen-bond donors (Lipinski definition) is 1. The van der Waals surface area contributed by atoms with Gasteiger partial charge in [-0.25, -0.2) is 4.98 Å². The Kier molecular flexibility index (Phi) is 4.54. The molecule has 0 saturated carbocycles. The second-order valence-corrected chi connectivity index (χ2v) is 8.16. The summed E-state index contributed by atoms with van der Waals surface area (Å²) in [5, 5.41) is 3.96. The number of pyridine rings is 1. The summed E-state index contributed by atoms with van der Waals surface area (Å²) in [6.07, 6.45) is 1.29. The van der Waals surface area contributed by atoms with Gasteiger partial charge in [0.05, 0.1) is 16.3 Å². The number of halogens is 1. The third-order valence-electron chi connectivity index (χ3n) is 4.86. The number of carbonyl (C=O) groups is 1. The Morgan fingerprint density at radius 2 is 1.72 bits per heavy atom. The summed E-state index contributed by atoms with van der Waals surface area (Å²) in [4.78, 5) is 21.7. The van der Waals surface area contributed by atoms with Crippen LogP contribution < -0.4 is 10.2 Å². The van der Waals surface area contributed by atoms with Gasteiger partial charge in [-0.3, -0.25) is 9.69 Å². The molecule has 0 fully saturated rings. The molecule has 1 unspecified atom stereocenters. The van der Waals surface area contributed by atoms with Crippen molar-refractivity contribution in [2.75, 3.05) is 10.2 Å². The van der Waals surface area contributed by atoms with E-state index < -0.39 is 6.17 Å². The van der Waals surface area contributed by atoms with Gasteiger partial charge >= 0.3 is 0 Å². The van der Waals surface area contributed by atoms with E-state index in [-0.39, 0.29) is 5.91 Å². The lowest BCUT2D eigenvalue weighted by atomic mass is 10.1. The molecule has 2 aromatic heterocycles. The van der Waals surface area contributed by atoms with Crippen LogP contribution in [0.15, 0.2) is 85.1 Å². The van der Waals surface area contributed by atoms with E-state index in [1.54, 1.807) is 40.6 Å². The van der Waals surface area contributed by atoms with Crippen molar-refractivity contribution in [3.05, 3.63) is 101 Å². The number of hydrogen-bond acceptors (Lipinski definition) is 4. The summed E-state index contributed by atoms with van der Waals surface area (Å²) in [5.41, 5.74) is 2.35. The second kappa shape index (κ2) is 7.35. The lowest BCUT2D eigenvalue weighted by Crippen LogP contribution is -2.43. The van der Waals surface area contributed by atoms with Crippen molar-refractivity contribution in [1.82, 2.24) is 4.98 Å². The number of rotatable bonds is 3. The summed E-state index contributed by atoms with van der Waals surface area (Å²) in [6.45, 7) is 0. The minimum absolute atomic E-state index is 0.125. The first-order valence-electron chi connectivity index (χ1n) is 9.17. The fourth-order valence-corrected chi connectivity index (χ4v) is 4.77. The van der Waals surface area contributed by atoms with Crippen LogP contribution in [0.25, 0.3) is 10.4 Å². The molecule has 4 nitrogen and oxygen atoms in total. The maximum atomic E-state index is 13.4. The Morgan fingerprint density at radius 1 is 0.931 bits per heavy atom. The summed E-state index contributed by atoms with van der Waals surface area (Å²) < 4.78 is 0. The maximum Gasteiger partial charge on any atom is 0.264 e. The van der Waals surface area contributed by atoms with Gasteiger partial charge in [0.15, 0.2) is 0 Å². The number of carbonyl (C=O) groups excluding carboxylic acids is 1. The van der Waals surface area contributed by atoms with Gasteiger partial charge < -0.3 is 5.32 Å². The second-order valence-electron chi connectivity index (χ2n) is 6.64. The number of anilines is 2. The minimum Gasteiger partial charge on any atom is -0.344 e. The molecule has 1 N–H and O–H groups in total. The Balaban J connectivity index is 1.63. The van der Waals surface area contributed by atoms with Crippen molar-refractivity contribution in [2.24, 2.45) is 0 Å². The molecule has 6 heteroatoms. The van der Waals surface area contributed by atoms with Crippen molar-refractivity contribution in [2.45, 2.75) is 6.17 Å². The highest BCUT2D eigenvalue weighted by Gasteiger charge is 2.36. The van der Waals surface area contributed by atoms with Crippen LogP contribution in [-0.2, 0) is 0 Å². The average molecular weight is 418 g/mol. The molecule has 1 amide bonds. The molecule has 1 aliphatic rings. The van der Waals surface area contributed by atoms with Gasteiger partial charge in [0.25, 0.3) is 5.91 Å². The van der Waals surface area contributed by atoms with Crippen molar-refractivity contribution < 1.29 is 4.79 Å². The molecule has 0 radical (unpaired) electrons. The summed E-state index contributed by atoms with van der Waals surface area (Å²) in [7, 11) is 0. The van der Waals surface area contributed by atoms with Gasteiger partial charge in [0, 0.05) is 16.0 Å². The highest BCUT2D eigenvalue weighted by molar-refractivity contribution is 7.15. The number of fused-ring (bicyclic) bond motifs is 1.